The topological polar surface area (TPSA) is 50.2 Å². The van der Waals surface area contributed by atoms with Crippen molar-refractivity contribution in [2.24, 2.45) is 0 Å². The van der Waals surface area contributed by atoms with Gasteiger partial charge in [0, 0.05) is 19.6 Å². The van der Waals surface area contributed by atoms with Crippen LogP contribution in [0.15, 0.2) is 30.5 Å². The van der Waals surface area contributed by atoms with Gasteiger partial charge in [-0.2, -0.15) is 5.10 Å². The van der Waals surface area contributed by atoms with Crippen LogP contribution in [0.5, 0.6) is 0 Å². The van der Waals surface area contributed by atoms with Crippen LogP contribution < -0.4 is 5.32 Å². The summed E-state index contributed by atoms with van der Waals surface area (Å²) in [5.74, 6) is -0.186. The maximum atomic E-state index is 13.2. The molecule has 1 aliphatic rings. The molecule has 1 aromatic heterocycles. The van der Waals surface area contributed by atoms with Crippen LogP contribution in [-0.4, -0.2) is 46.8 Å². The molecular weight excluding hydrogens is 307 g/mol. The molecule has 1 atom stereocenters. The highest BCUT2D eigenvalue weighted by molar-refractivity contribution is 5.95. The number of carbonyl (C=O) groups excluding carboxylic acids is 1. The Morgan fingerprint density at radius 3 is 2.67 bits per heavy atom. The van der Waals surface area contributed by atoms with Gasteiger partial charge in [0.15, 0.2) is 0 Å². The predicted octanol–water partition coefficient (Wildman–Crippen LogP) is 2.57. The quantitative estimate of drug-likeness (QED) is 0.937. The van der Waals surface area contributed by atoms with Gasteiger partial charge in [-0.05, 0) is 43.1 Å². The molecule has 1 aliphatic heterocycles. The molecule has 0 aliphatic carbocycles. The van der Waals surface area contributed by atoms with Crippen molar-refractivity contribution in [1.82, 2.24) is 20.0 Å². The first-order valence-electron chi connectivity index (χ1n) is 8.30. The van der Waals surface area contributed by atoms with E-state index in [4.69, 9.17) is 0 Å². The Labute approximate surface area is 141 Å². The lowest BCUT2D eigenvalue weighted by molar-refractivity contribution is 0.0742. The Hall–Kier alpha value is -2.21. The van der Waals surface area contributed by atoms with E-state index >= 15 is 0 Å². The smallest absolute Gasteiger partial charge is 0.257 e. The fourth-order valence-corrected chi connectivity index (χ4v) is 3.19. The number of nitrogens with one attached hydrogen (secondary N) is 1. The third kappa shape index (κ3) is 3.06. The number of likely N-dealkylation sites (N-methyl/N-ethyl adjacent to an activating group) is 1. The summed E-state index contributed by atoms with van der Waals surface area (Å²) >= 11 is 0. The van der Waals surface area contributed by atoms with Crippen LogP contribution in [-0.2, 0) is 0 Å². The third-order valence-electron chi connectivity index (χ3n) is 4.56. The summed E-state index contributed by atoms with van der Waals surface area (Å²) < 4.78 is 14.9. The Balaban J connectivity index is 1.96. The fraction of sp³-hybridized carbons (Fsp3) is 0.444. The van der Waals surface area contributed by atoms with E-state index in [2.05, 4.69) is 10.4 Å². The molecule has 3 rings (SSSR count). The maximum absolute atomic E-state index is 13.2. The molecule has 1 saturated heterocycles. The van der Waals surface area contributed by atoms with Crippen molar-refractivity contribution in [3.8, 4) is 5.69 Å². The summed E-state index contributed by atoms with van der Waals surface area (Å²) in [6.45, 7) is 5.83. The van der Waals surface area contributed by atoms with Gasteiger partial charge in [-0.3, -0.25) is 4.79 Å². The average molecular weight is 330 g/mol. The minimum Gasteiger partial charge on any atom is -0.337 e. The second kappa shape index (κ2) is 6.73. The van der Waals surface area contributed by atoms with Gasteiger partial charge in [-0.1, -0.05) is 13.8 Å². The third-order valence-corrected chi connectivity index (χ3v) is 4.56. The maximum Gasteiger partial charge on any atom is 0.257 e. The highest BCUT2D eigenvalue weighted by Crippen LogP contribution is 2.25. The van der Waals surface area contributed by atoms with Crippen molar-refractivity contribution in [2.45, 2.75) is 32.2 Å². The Morgan fingerprint density at radius 2 is 2.08 bits per heavy atom. The molecule has 1 amide bonds. The number of carbonyl (C=O) groups is 1. The molecule has 2 aromatic rings. The molecular formula is C18H23FN4O. The number of amides is 1. The molecule has 0 radical (unpaired) electrons. The van der Waals surface area contributed by atoms with Crippen molar-refractivity contribution in [3.63, 3.8) is 0 Å². The molecule has 0 spiro atoms. The number of rotatable bonds is 4. The predicted molar refractivity (Wildman–Crippen MR) is 91.0 cm³/mol. The van der Waals surface area contributed by atoms with E-state index in [1.165, 1.54) is 12.1 Å². The van der Waals surface area contributed by atoms with E-state index in [0.717, 1.165) is 30.9 Å². The van der Waals surface area contributed by atoms with Crippen LogP contribution in [0.2, 0.25) is 0 Å². The zero-order chi connectivity index (χ0) is 17.3. The molecule has 1 N–H and O–H groups in total. The van der Waals surface area contributed by atoms with Gasteiger partial charge in [-0.15, -0.1) is 0 Å². The standard InChI is InChI=1S/C18H23FN4O/c1-12(2)17-16(18(24)22(3)15-8-9-20-10-15)11-21-23(17)14-6-4-13(19)5-7-14/h4-7,11-12,15,20H,8-10H2,1-3H3. The van der Waals surface area contributed by atoms with Crippen molar-refractivity contribution in [1.29, 1.82) is 0 Å². The lowest BCUT2D eigenvalue weighted by atomic mass is 10.0. The first-order valence-corrected chi connectivity index (χ1v) is 8.30. The number of aromatic nitrogens is 2. The second-order valence-corrected chi connectivity index (χ2v) is 6.55. The lowest BCUT2D eigenvalue weighted by Gasteiger charge is -2.24. The Bertz CT molecular complexity index is 717. The van der Waals surface area contributed by atoms with Crippen molar-refractivity contribution in [3.05, 3.63) is 47.5 Å². The molecule has 1 unspecified atom stereocenters. The molecule has 0 bridgehead atoms. The first kappa shape index (κ1) is 16.6. The normalized spacial score (nSPS) is 17.5. The fourth-order valence-electron chi connectivity index (χ4n) is 3.19. The summed E-state index contributed by atoms with van der Waals surface area (Å²) in [7, 11) is 1.85. The van der Waals surface area contributed by atoms with Crippen LogP contribution in [0.25, 0.3) is 5.69 Å². The molecule has 128 valence electrons. The van der Waals surface area contributed by atoms with Crippen LogP contribution in [0.4, 0.5) is 4.39 Å². The average Bonchev–Trinajstić information content (AvgIpc) is 3.23. The Kier molecular flexibility index (Phi) is 4.66. The number of halogens is 1. The van der Waals surface area contributed by atoms with E-state index in [1.807, 2.05) is 20.9 Å². The summed E-state index contributed by atoms with van der Waals surface area (Å²) in [5, 5.41) is 7.68. The number of hydrogen-bond acceptors (Lipinski definition) is 3. The molecule has 1 aromatic carbocycles. The second-order valence-electron chi connectivity index (χ2n) is 6.55. The number of hydrogen-bond donors (Lipinski definition) is 1. The van der Waals surface area contributed by atoms with Gasteiger partial charge in [0.2, 0.25) is 0 Å². The van der Waals surface area contributed by atoms with Crippen molar-refractivity contribution in [2.75, 3.05) is 20.1 Å². The van der Waals surface area contributed by atoms with Crippen LogP contribution in [0.1, 0.15) is 42.2 Å². The molecule has 2 heterocycles. The van der Waals surface area contributed by atoms with E-state index in [-0.39, 0.29) is 23.7 Å². The van der Waals surface area contributed by atoms with E-state index in [9.17, 15) is 9.18 Å². The van der Waals surface area contributed by atoms with Gasteiger partial charge in [-0.25, -0.2) is 9.07 Å². The molecule has 24 heavy (non-hydrogen) atoms. The SMILES string of the molecule is CC(C)c1c(C(=O)N(C)C2CCNC2)cnn1-c1ccc(F)cc1. The molecule has 6 heteroatoms. The highest BCUT2D eigenvalue weighted by Gasteiger charge is 2.28. The molecule has 0 saturated carbocycles. The van der Waals surface area contributed by atoms with E-state index in [0.29, 0.717) is 5.56 Å². The van der Waals surface area contributed by atoms with E-state index in [1.54, 1.807) is 27.9 Å². The zero-order valence-corrected chi connectivity index (χ0v) is 14.3. The van der Waals surface area contributed by atoms with Gasteiger partial charge < -0.3 is 10.2 Å². The van der Waals surface area contributed by atoms with Gasteiger partial charge in [0.1, 0.15) is 5.82 Å². The Morgan fingerprint density at radius 1 is 1.38 bits per heavy atom. The minimum absolute atomic E-state index is 0.0132. The summed E-state index contributed by atoms with van der Waals surface area (Å²) in [4.78, 5) is 14.7. The summed E-state index contributed by atoms with van der Waals surface area (Å²) in [5.41, 5.74) is 2.22. The van der Waals surface area contributed by atoms with Crippen LogP contribution >= 0.6 is 0 Å². The van der Waals surface area contributed by atoms with Gasteiger partial charge in [0.25, 0.3) is 5.91 Å². The summed E-state index contributed by atoms with van der Waals surface area (Å²) in [6, 6.07) is 6.37. The number of nitrogens with zero attached hydrogens (tertiary/aromatic N) is 3. The highest BCUT2D eigenvalue weighted by atomic mass is 19.1. The molecule has 1 fully saturated rings. The van der Waals surface area contributed by atoms with Crippen LogP contribution in [0.3, 0.4) is 0 Å². The van der Waals surface area contributed by atoms with Crippen molar-refractivity contribution >= 4 is 5.91 Å². The number of benzene rings is 1. The monoisotopic (exact) mass is 330 g/mol. The van der Waals surface area contributed by atoms with Gasteiger partial charge in [0.05, 0.1) is 23.1 Å². The first-order chi connectivity index (χ1) is 11.5. The largest absolute Gasteiger partial charge is 0.337 e. The minimum atomic E-state index is -0.290. The van der Waals surface area contributed by atoms with Crippen LogP contribution in [0, 0.1) is 5.82 Å². The zero-order valence-electron chi connectivity index (χ0n) is 14.3. The van der Waals surface area contributed by atoms with E-state index < -0.39 is 0 Å². The molecule has 5 nitrogen and oxygen atoms in total. The summed E-state index contributed by atoms with van der Waals surface area (Å²) in [6.07, 6.45) is 2.59. The van der Waals surface area contributed by atoms with Crippen molar-refractivity contribution < 1.29 is 9.18 Å². The lowest BCUT2D eigenvalue weighted by Crippen LogP contribution is -2.38. The van der Waals surface area contributed by atoms with Gasteiger partial charge >= 0.3 is 0 Å².